The van der Waals surface area contributed by atoms with E-state index >= 15 is 0 Å². The van der Waals surface area contributed by atoms with Gasteiger partial charge in [0.15, 0.2) is 0 Å². The Morgan fingerprint density at radius 3 is 2.36 bits per heavy atom. The third-order valence-electron chi connectivity index (χ3n) is 3.66. The van der Waals surface area contributed by atoms with Gasteiger partial charge >= 0.3 is 6.18 Å². The number of alkyl halides is 3. The molecule has 132 valence electrons. The molecular formula is C15H12F5N5. The van der Waals surface area contributed by atoms with Gasteiger partial charge < -0.3 is 5.32 Å². The van der Waals surface area contributed by atoms with Crippen molar-refractivity contribution in [2.45, 2.75) is 26.1 Å². The molecule has 2 aromatic heterocycles. The van der Waals surface area contributed by atoms with Crippen LogP contribution < -0.4 is 5.32 Å². The number of hydrogen-bond acceptors (Lipinski definition) is 4. The fourth-order valence-corrected chi connectivity index (χ4v) is 2.41. The second-order valence-electron chi connectivity index (χ2n) is 5.40. The number of anilines is 1. The highest BCUT2D eigenvalue weighted by molar-refractivity contribution is 5.79. The van der Waals surface area contributed by atoms with E-state index in [4.69, 9.17) is 0 Å². The summed E-state index contributed by atoms with van der Waals surface area (Å²) in [4.78, 5) is 7.88. The van der Waals surface area contributed by atoms with Crippen LogP contribution in [0.4, 0.5) is 27.8 Å². The number of hydrogen-bond donors (Lipinski definition) is 1. The molecule has 1 atom stereocenters. The number of benzene rings is 1. The van der Waals surface area contributed by atoms with E-state index in [9.17, 15) is 22.0 Å². The molecule has 0 fully saturated rings. The van der Waals surface area contributed by atoms with Crippen LogP contribution in [0.25, 0.3) is 16.9 Å². The summed E-state index contributed by atoms with van der Waals surface area (Å²) in [5, 5.41) is 6.04. The minimum Gasteiger partial charge on any atom is -0.358 e. The Labute approximate surface area is 138 Å². The van der Waals surface area contributed by atoms with Gasteiger partial charge in [0.25, 0.3) is 5.78 Å². The smallest absolute Gasteiger partial charge is 0.358 e. The van der Waals surface area contributed by atoms with Gasteiger partial charge in [0.2, 0.25) is 0 Å². The van der Waals surface area contributed by atoms with Crippen molar-refractivity contribution in [3.8, 4) is 11.1 Å². The standard InChI is InChI=1S/C15H12F5N5/c1-7-11(12-9(16)4-3-5-10(12)17)13(24-8(2)15(18,19)20)25-14(23-7)21-6-22-25/h3-6,8,24H,1-2H3. The molecule has 0 aliphatic heterocycles. The Kier molecular flexibility index (Phi) is 4.05. The van der Waals surface area contributed by atoms with Gasteiger partial charge in [0.1, 0.15) is 29.8 Å². The molecule has 5 nitrogen and oxygen atoms in total. The number of nitrogens with zero attached hydrogens (tertiary/aromatic N) is 4. The molecule has 0 aliphatic carbocycles. The summed E-state index contributed by atoms with van der Waals surface area (Å²) in [5.41, 5.74) is -0.521. The van der Waals surface area contributed by atoms with Crippen molar-refractivity contribution < 1.29 is 22.0 Å². The molecule has 3 rings (SSSR count). The Morgan fingerprint density at radius 2 is 1.76 bits per heavy atom. The maximum Gasteiger partial charge on any atom is 0.408 e. The minimum atomic E-state index is -4.57. The monoisotopic (exact) mass is 357 g/mol. The molecule has 0 radical (unpaired) electrons. The van der Waals surface area contributed by atoms with E-state index in [1.165, 1.54) is 6.92 Å². The molecule has 0 bridgehead atoms. The number of aromatic nitrogens is 4. The first-order chi connectivity index (χ1) is 11.7. The average molecular weight is 357 g/mol. The van der Waals surface area contributed by atoms with Crippen LogP contribution in [0, 0.1) is 18.6 Å². The van der Waals surface area contributed by atoms with Gasteiger partial charge in [-0.1, -0.05) is 6.07 Å². The summed E-state index contributed by atoms with van der Waals surface area (Å²) in [6.07, 6.45) is -3.48. The van der Waals surface area contributed by atoms with Gasteiger partial charge in [-0.3, -0.25) is 0 Å². The molecule has 25 heavy (non-hydrogen) atoms. The van der Waals surface area contributed by atoms with Gasteiger partial charge in [-0.15, -0.1) is 0 Å². The van der Waals surface area contributed by atoms with Crippen molar-refractivity contribution in [1.82, 2.24) is 19.6 Å². The van der Waals surface area contributed by atoms with Crippen LogP contribution in [-0.4, -0.2) is 31.8 Å². The summed E-state index contributed by atoms with van der Waals surface area (Å²) in [7, 11) is 0. The first-order valence-corrected chi connectivity index (χ1v) is 7.18. The second kappa shape index (κ2) is 5.94. The summed E-state index contributed by atoms with van der Waals surface area (Å²) in [6.45, 7) is 2.32. The van der Waals surface area contributed by atoms with Gasteiger partial charge in [-0.25, -0.2) is 13.8 Å². The van der Waals surface area contributed by atoms with Gasteiger partial charge in [0, 0.05) is 0 Å². The third-order valence-corrected chi connectivity index (χ3v) is 3.66. The Morgan fingerprint density at radius 1 is 1.12 bits per heavy atom. The van der Waals surface area contributed by atoms with Crippen LogP contribution in [0.2, 0.25) is 0 Å². The molecule has 0 aliphatic rings. The molecule has 3 aromatic rings. The Bertz CT molecular complexity index is 914. The number of rotatable bonds is 3. The van der Waals surface area contributed by atoms with E-state index < -0.39 is 29.4 Å². The highest BCUT2D eigenvalue weighted by Crippen LogP contribution is 2.36. The lowest BCUT2D eigenvalue weighted by molar-refractivity contribution is -0.138. The number of nitrogens with one attached hydrogen (secondary N) is 1. The van der Waals surface area contributed by atoms with E-state index in [1.807, 2.05) is 0 Å². The summed E-state index contributed by atoms with van der Waals surface area (Å²) >= 11 is 0. The zero-order valence-electron chi connectivity index (χ0n) is 13.1. The van der Waals surface area contributed by atoms with Gasteiger partial charge in [-0.05, 0) is 26.0 Å². The maximum absolute atomic E-state index is 14.2. The Hall–Kier alpha value is -2.78. The summed E-state index contributed by atoms with van der Waals surface area (Å²) in [6, 6.07) is 1.20. The van der Waals surface area contributed by atoms with Gasteiger partial charge in [0.05, 0.1) is 16.8 Å². The normalized spacial score (nSPS) is 13.2. The van der Waals surface area contributed by atoms with Crippen molar-refractivity contribution in [1.29, 1.82) is 0 Å². The van der Waals surface area contributed by atoms with E-state index in [0.29, 0.717) is 0 Å². The van der Waals surface area contributed by atoms with Crippen LogP contribution in [0.3, 0.4) is 0 Å². The van der Waals surface area contributed by atoms with E-state index in [0.717, 1.165) is 36.0 Å². The lowest BCUT2D eigenvalue weighted by Crippen LogP contribution is -2.34. The molecule has 1 N–H and O–H groups in total. The predicted molar refractivity (Wildman–Crippen MR) is 80.0 cm³/mol. The average Bonchev–Trinajstić information content (AvgIpc) is 2.96. The molecule has 0 spiro atoms. The van der Waals surface area contributed by atoms with E-state index in [2.05, 4.69) is 20.4 Å². The molecule has 2 heterocycles. The van der Waals surface area contributed by atoms with Crippen molar-refractivity contribution >= 4 is 11.6 Å². The minimum absolute atomic E-state index is 0.00914. The van der Waals surface area contributed by atoms with Crippen molar-refractivity contribution in [3.05, 3.63) is 41.9 Å². The quantitative estimate of drug-likeness (QED) is 0.726. The number of aryl methyl sites for hydroxylation is 1. The highest BCUT2D eigenvalue weighted by Gasteiger charge is 2.37. The first kappa shape index (κ1) is 17.1. The molecule has 0 saturated carbocycles. The van der Waals surface area contributed by atoms with E-state index in [1.54, 1.807) is 0 Å². The zero-order valence-corrected chi connectivity index (χ0v) is 13.1. The highest BCUT2D eigenvalue weighted by atomic mass is 19.4. The van der Waals surface area contributed by atoms with Crippen LogP contribution >= 0.6 is 0 Å². The number of fused-ring (bicyclic) bond motifs is 1. The van der Waals surface area contributed by atoms with Crippen molar-refractivity contribution in [3.63, 3.8) is 0 Å². The van der Waals surface area contributed by atoms with E-state index in [-0.39, 0.29) is 22.9 Å². The lowest BCUT2D eigenvalue weighted by atomic mass is 10.0. The maximum atomic E-state index is 14.2. The largest absolute Gasteiger partial charge is 0.408 e. The topological polar surface area (TPSA) is 55.1 Å². The van der Waals surface area contributed by atoms with Crippen LogP contribution in [0.5, 0.6) is 0 Å². The first-order valence-electron chi connectivity index (χ1n) is 7.18. The van der Waals surface area contributed by atoms with Crippen LogP contribution in [-0.2, 0) is 0 Å². The molecular weight excluding hydrogens is 345 g/mol. The zero-order chi connectivity index (χ0) is 18.4. The van der Waals surface area contributed by atoms with Crippen molar-refractivity contribution in [2.75, 3.05) is 5.32 Å². The SMILES string of the molecule is Cc1nc2ncnn2c(NC(C)C(F)(F)F)c1-c1c(F)cccc1F. The van der Waals surface area contributed by atoms with Gasteiger partial charge in [-0.2, -0.15) is 27.8 Å². The fourth-order valence-electron chi connectivity index (χ4n) is 2.41. The Balaban J connectivity index is 2.31. The second-order valence-corrected chi connectivity index (χ2v) is 5.40. The summed E-state index contributed by atoms with van der Waals surface area (Å²) < 4.78 is 68.4. The molecule has 1 aromatic carbocycles. The molecule has 10 heteroatoms. The fraction of sp³-hybridized carbons (Fsp3) is 0.267. The number of halogens is 5. The van der Waals surface area contributed by atoms with Crippen molar-refractivity contribution in [2.24, 2.45) is 0 Å². The molecule has 0 saturated heterocycles. The predicted octanol–water partition coefficient (Wildman–Crippen LogP) is 3.74. The third kappa shape index (κ3) is 2.99. The summed E-state index contributed by atoms with van der Waals surface area (Å²) in [5.74, 6) is -2.08. The van der Waals surface area contributed by atoms with Crippen LogP contribution in [0.15, 0.2) is 24.5 Å². The molecule has 1 unspecified atom stereocenters. The molecule has 0 amide bonds. The van der Waals surface area contributed by atoms with Crippen LogP contribution in [0.1, 0.15) is 12.6 Å². The lowest BCUT2D eigenvalue weighted by Gasteiger charge is -2.22.